The summed E-state index contributed by atoms with van der Waals surface area (Å²) in [7, 11) is 3.81. The van der Waals surface area contributed by atoms with Gasteiger partial charge in [-0.1, -0.05) is 6.92 Å². The summed E-state index contributed by atoms with van der Waals surface area (Å²) >= 11 is 0. The lowest BCUT2D eigenvalue weighted by molar-refractivity contribution is 0.553. The summed E-state index contributed by atoms with van der Waals surface area (Å²) in [6.45, 7) is 3.78. The van der Waals surface area contributed by atoms with Crippen LogP contribution in [0.25, 0.3) is 0 Å². The fourth-order valence-corrected chi connectivity index (χ4v) is 0.836. The van der Waals surface area contributed by atoms with Crippen molar-refractivity contribution in [3.63, 3.8) is 0 Å². The molecule has 1 N–H and O–H groups in total. The van der Waals surface area contributed by atoms with Crippen LogP contribution in [0.3, 0.4) is 0 Å². The first-order chi connectivity index (χ1) is 5.74. The second-order valence-corrected chi connectivity index (χ2v) is 2.80. The summed E-state index contributed by atoms with van der Waals surface area (Å²) in [5, 5.41) is 3.18. The maximum Gasteiger partial charge on any atom is 0.296 e. The molecule has 1 aromatic heterocycles. The van der Waals surface area contributed by atoms with Crippen LogP contribution in [0, 0.1) is 0 Å². The van der Waals surface area contributed by atoms with Crippen LogP contribution < -0.4 is 10.2 Å². The normalized spacial score (nSPS) is 10.2. The monoisotopic (exact) mass is 169 g/mol. The molecule has 0 bridgehead atoms. The molecule has 1 rings (SSSR count). The number of anilines is 1. The molecule has 0 saturated heterocycles. The molecule has 1 aromatic rings. The van der Waals surface area contributed by atoms with Crippen LogP contribution in [0.5, 0.6) is 0 Å². The average molecular weight is 169 g/mol. The van der Waals surface area contributed by atoms with Crippen molar-refractivity contribution in [3.05, 3.63) is 12.0 Å². The number of nitrogens with zero attached hydrogens (tertiary/aromatic N) is 2. The van der Waals surface area contributed by atoms with E-state index >= 15 is 0 Å². The van der Waals surface area contributed by atoms with Crippen LogP contribution >= 0.6 is 0 Å². The van der Waals surface area contributed by atoms with Gasteiger partial charge in [0.05, 0.1) is 5.69 Å². The summed E-state index contributed by atoms with van der Waals surface area (Å²) in [5.41, 5.74) is 0.945. The zero-order valence-electron chi connectivity index (χ0n) is 7.79. The predicted molar refractivity (Wildman–Crippen MR) is 48.2 cm³/mol. The summed E-state index contributed by atoms with van der Waals surface area (Å²) in [6, 6.07) is 0.655. The lowest BCUT2D eigenvalue weighted by Gasteiger charge is -2.03. The SMILES string of the molecule is CCNCc1coc(N(C)C)n1. The van der Waals surface area contributed by atoms with E-state index in [1.807, 2.05) is 19.0 Å². The van der Waals surface area contributed by atoms with Crippen LogP contribution in [0.1, 0.15) is 12.6 Å². The first kappa shape index (κ1) is 9.06. The molecule has 0 radical (unpaired) electrons. The number of oxazole rings is 1. The summed E-state index contributed by atoms with van der Waals surface area (Å²) in [5.74, 6) is 0. The highest BCUT2D eigenvalue weighted by Gasteiger charge is 2.03. The minimum atomic E-state index is 0.655. The third-order valence-corrected chi connectivity index (χ3v) is 1.48. The third-order valence-electron chi connectivity index (χ3n) is 1.48. The minimum Gasteiger partial charge on any atom is -0.432 e. The first-order valence-electron chi connectivity index (χ1n) is 4.06. The van der Waals surface area contributed by atoms with Gasteiger partial charge < -0.3 is 14.6 Å². The standard InChI is InChI=1S/C8H15N3O/c1-4-9-5-7-6-12-8(10-7)11(2)3/h6,9H,4-5H2,1-3H3. The zero-order valence-corrected chi connectivity index (χ0v) is 7.79. The zero-order chi connectivity index (χ0) is 8.97. The Hall–Kier alpha value is -1.03. The van der Waals surface area contributed by atoms with Crippen molar-refractivity contribution >= 4 is 6.01 Å². The van der Waals surface area contributed by atoms with Crippen molar-refractivity contribution in [2.24, 2.45) is 0 Å². The highest BCUT2D eigenvalue weighted by atomic mass is 16.4. The topological polar surface area (TPSA) is 41.3 Å². The molecule has 0 aliphatic heterocycles. The third kappa shape index (κ3) is 2.23. The fourth-order valence-electron chi connectivity index (χ4n) is 0.836. The van der Waals surface area contributed by atoms with Crippen molar-refractivity contribution in [3.8, 4) is 0 Å². The first-order valence-corrected chi connectivity index (χ1v) is 4.06. The van der Waals surface area contributed by atoms with Gasteiger partial charge in [0, 0.05) is 20.6 Å². The molecule has 0 aliphatic carbocycles. The van der Waals surface area contributed by atoms with Gasteiger partial charge in [-0.2, -0.15) is 4.98 Å². The van der Waals surface area contributed by atoms with E-state index in [2.05, 4.69) is 17.2 Å². The number of hydrogen-bond acceptors (Lipinski definition) is 4. The molecular formula is C8H15N3O. The van der Waals surface area contributed by atoms with E-state index in [1.54, 1.807) is 6.26 Å². The van der Waals surface area contributed by atoms with Gasteiger partial charge in [0.1, 0.15) is 6.26 Å². The van der Waals surface area contributed by atoms with E-state index in [0.717, 1.165) is 18.8 Å². The highest BCUT2D eigenvalue weighted by molar-refractivity contribution is 5.23. The van der Waals surface area contributed by atoms with Gasteiger partial charge in [0.25, 0.3) is 6.01 Å². The molecule has 0 atom stereocenters. The van der Waals surface area contributed by atoms with Crippen LogP contribution in [0.4, 0.5) is 6.01 Å². The molecule has 4 heteroatoms. The van der Waals surface area contributed by atoms with Gasteiger partial charge in [0.2, 0.25) is 0 Å². The molecule has 68 valence electrons. The summed E-state index contributed by atoms with van der Waals surface area (Å²) in [6.07, 6.45) is 1.68. The van der Waals surface area contributed by atoms with Gasteiger partial charge in [-0.05, 0) is 6.54 Å². The van der Waals surface area contributed by atoms with Gasteiger partial charge in [0.15, 0.2) is 0 Å². The second-order valence-electron chi connectivity index (χ2n) is 2.80. The predicted octanol–water partition coefficient (Wildman–Crippen LogP) is 0.850. The fraction of sp³-hybridized carbons (Fsp3) is 0.625. The highest BCUT2D eigenvalue weighted by Crippen LogP contribution is 2.09. The maximum atomic E-state index is 5.20. The molecule has 0 aromatic carbocycles. The lowest BCUT2D eigenvalue weighted by atomic mass is 10.5. The van der Waals surface area contributed by atoms with Gasteiger partial charge in [-0.3, -0.25) is 0 Å². The molecule has 0 unspecified atom stereocenters. The number of rotatable bonds is 4. The Morgan fingerprint density at radius 3 is 2.83 bits per heavy atom. The van der Waals surface area contributed by atoms with E-state index in [4.69, 9.17) is 4.42 Å². The maximum absolute atomic E-state index is 5.20. The average Bonchev–Trinajstić information content (AvgIpc) is 2.48. The van der Waals surface area contributed by atoms with Gasteiger partial charge in [-0.15, -0.1) is 0 Å². The van der Waals surface area contributed by atoms with Crippen molar-refractivity contribution in [2.75, 3.05) is 25.5 Å². The van der Waals surface area contributed by atoms with Crippen molar-refractivity contribution in [1.82, 2.24) is 10.3 Å². The lowest BCUT2D eigenvalue weighted by Crippen LogP contribution is -2.13. The second kappa shape index (κ2) is 4.11. The minimum absolute atomic E-state index is 0.655. The number of hydrogen-bond donors (Lipinski definition) is 1. The van der Waals surface area contributed by atoms with E-state index < -0.39 is 0 Å². The molecule has 0 saturated carbocycles. The van der Waals surface area contributed by atoms with Crippen LogP contribution in [-0.4, -0.2) is 25.6 Å². The molecule has 1 heterocycles. The van der Waals surface area contributed by atoms with E-state index in [1.165, 1.54) is 0 Å². The number of nitrogens with one attached hydrogen (secondary N) is 1. The van der Waals surface area contributed by atoms with Crippen LogP contribution in [-0.2, 0) is 6.54 Å². The largest absolute Gasteiger partial charge is 0.432 e. The Morgan fingerprint density at radius 2 is 2.33 bits per heavy atom. The van der Waals surface area contributed by atoms with Crippen LogP contribution in [0.2, 0.25) is 0 Å². The molecule has 0 spiro atoms. The quantitative estimate of drug-likeness (QED) is 0.725. The summed E-state index contributed by atoms with van der Waals surface area (Å²) in [4.78, 5) is 6.09. The van der Waals surface area contributed by atoms with Gasteiger partial charge in [-0.25, -0.2) is 0 Å². The van der Waals surface area contributed by atoms with Crippen molar-refractivity contribution in [1.29, 1.82) is 0 Å². The molecule has 4 nitrogen and oxygen atoms in total. The van der Waals surface area contributed by atoms with E-state index in [-0.39, 0.29) is 0 Å². The van der Waals surface area contributed by atoms with E-state index in [9.17, 15) is 0 Å². The van der Waals surface area contributed by atoms with Gasteiger partial charge >= 0.3 is 0 Å². The number of aromatic nitrogens is 1. The smallest absolute Gasteiger partial charge is 0.296 e. The molecule has 0 aliphatic rings. The van der Waals surface area contributed by atoms with Crippen LogP contribution in [0.15, 0.2) is 10.7 Å². The Balaban J connectivity index is 2.52. The molecular weight excluding hydrogens is 154 g/mol. The Labute approximate surface area is 72.6 Å². The van der Waals surface area contributed by atoms with Crippen molar-refractivity contribution < 1.29 is 4.42 Å². The molecule has 12 heavy (non-hydrogen) atoms. The Morgan fingerprint density at radius 1 is 1.58 bits per heavy atom. The molecule has 0 fully saturated rings. The van der Waals surface area contributed by atoms with Crippen molar-refractivity contribution in [2.45, 2.75) is 13.5 Å². The molecule has 0 amide bonds. The Kier molecular flexibility index (Phi) is 3.10. The summed E-state index contributed by atoms with van der Waals surface area (Å²) < 4.78 is 5.20. The van der Waals surface area contributed by atoms with E-state index in [0.29, 0.717) is 6.01 Å². The Bertz CT molecular complexity index is 232.